The third kappa shape index (κ3) is 73.6. The Bertz CT molecular complexity index is 1990. The first-order valence-corrected chi connectivity index (χ1v) is 45.8. The molecule has 4 unspecified atom stereocenters. The van der Waals surface area contributed by atoms with Crippen LogP contribution in [0.2, 0.25) is 0 Å². The van der Waals surface area contributed by atoms with Crippen molar-refractivity contribution in [3.63, 3.8) is 0 Å². The second-order valence-corrected chi connectivity index (χ2v) is 34.2. The Kier molecular flexibility index (Phi) is 70.6. The number of hydrogen-bond donors (Lipinski definition) is 3. The number of ether oxygens (including phenoxy) is 4. The summed E-state index contributed by atoms with van der Waals surface area (Å²) in [6, 6.07) is 0. The molecule has 0 radical (unpaired) electrons. The molecule has 0 aliphatic heterocycles. The van der Waals surface area contributed by atoms with E-state index in [1.54, 1.807) is 0 Å². The molecule has 0 aromatic heterocycles. The lowest BCUT2D eigenvalue weighted by Gasteiger charge is -2.21. The molecule has 0 aliphatic rings. The molecule has 0 spiro atoms. The van der Waals surface area contributed by atoms with Crippen LogP contribution < -0.4 is 0 Å². The number of aliphatic hydroxyl groups is 1. The van der Waals surface area contributed by atoms with E-state index in [1.165, 1.54) is 225 Å². The molecule has 0 fully saturated rings. The molecule has 0 saturated carbocycles. The predicted molar refractivity (Wildman–Crippen MR) is 418 cm³/mol. The number of unbranched alkanes of at least 4 members (excludes halogenated alkanes) is 44. The fourth-order valence-corrected chi connectivity index (χ4v) is 14.3. The van der Waals surface area contributed by atoms with Gasteiger partial charge in [-0.25, -0.2) is 9.13 Å². The zero-order valence-electron chi connectivity index (χ0n) is 67.2. The first kappa shape index (κ1) is 100. The van der Waals surface area contributed by atoms with Gasteiger partial charge in [0.15, 0.2) is 12.2 Å². The Hall–Kier alpha value is -1.94. The minimum absolute atomic E-state index is 0.105. The van der Waals surface area contributed by atoms with E-state index in [0.29, 0.717) is 25.7 Å². The van der Waals surface area contributed by atoms with Gasteiger partial charge < -0.3 is 33.8 Å². The van der Waals surface area contributed by atoms with E-state index in [4.69, 9.17) is 37.0 Å². The van der Waals surface area contributed by atoms with Gasteiger partial charge in [-0.3, -0.25) is 37.3 Å². The zero-order valence-corrected chi connectivity index (χ0v) is 69.0. The molecule has 0 saturated heterocycles. The summed E-state index contributed by atoms with van der Waals surface area (Å²) in [6.07, 6.45) is 59.8. The van der Waals surface area contributed by atoms with Crippen molar-refractivity contribution < 1.29 is 80.2 Å². The van der Waals surface area contributed by atoms with E-state index in [-0.39, 0.29) is 25.7 Å². The summed E-state index contributed by atoms with van der Waals surface area (Å²) in [4.78, 5) is 73.1. The maximum atomic E-state index is 13.1. The number of phosphoric ester groups is 2. The largest absolute Gasteiger partial charge is 0.472 e. The average molecular weight is 1490 g/mol. The van der Waals surface area contributed by atoms with E-state index in [2.05, 4.69) is 55.4 Å². The van der Waals surface area contributed by atoms with Crippen LogP contribution in [-0.4, -0.2) is 96.7 Å². The molecule has 3 N–H and O–H groups in total. The van der Waals surface area contributed by atoms with Crippen LogP contribution in [0.4, 0.5) is 0 Å². The highest BCUT2D eigenvalue weighted by Crippen LogP contribution is 2.45. The number of phosphoric acid groups is 2. The van der Waals surface area contributed by atoms with Gasteiger partial charge in [-0.1, -0.05) is 376 Å². The Labute approximate surface area is 626 Å². The third-order valence-corrected chi connectivity index (χ3v) is 21.9. The Morgan fingerprint density at radius 2 is 0.471 bits per heavy atom. The summed E-state index contributed by atoms with van der Waals surface area (Å²) in [5.41, 5.74) is 0. The third-order valence-electron chi connectivity index (χ3n) is 20.0. The van der Waals surface area contributed by atoms with Crippen molar-refractivity contribution in [3.8, 4) is 0 Å². The molecular weight excluding hydrogens is 1330 g/mol. The number of hydrogen-bond acceptors (Lipinski definition) is 15. The Morgan fingerprint density at radius 1 is 0.275 bits per heavy atom. The van der Waals surface area contributed by atoms with Gasteiger partial charge in [0.1, 0.15) is 19.3 Å². The molecule has 0 aliphatic carbocycles. The van der Waals surface area contributed by atoms with E-state index < -0.39 is 97.5 Å². The quantitative estimate of drug-likeness (QED) is 0.0222. The molecule has 102 heavy (non-hydrogen) atoms. The number of rotatable bonds is 80. The minimum Gasteiger partial charge on any atom is -0.462 e. The monoisotopic (exact) mass is 1490 g/mol. The van der Waals surface area contributed by atoms with Crippen LogP contribution in [0, 0.1) is 23.7 Å². The summed E-state index contributed by atoms with van der Waals surface area (Å²) in [5, 5.41) is 10.6. The van der Waals surface area contributed by atoms with Gasteiger partial charge in [0.2, 0.25) is 0 Å². The second kappa shape index (κ2) is 72.0. The molecule has 0 aromatic rings. The average Bonchev–Trinajstić information content (AvgIpc) is 0.912. The minimum atomic E-state index is -4.96. The lowest BCUT2D eigenvalue weighted by molar-refractivity contribution is -0.161. The first-order chi connectivity index (χ1) is 49.2. The molecular formula is C83H162O17P2. The fraction of sp³-hybridized carbons (Fsp3) is 0.952. The van der Waals surface area contributed by atoms with Crippen molar-refractivity contribution >= 4 is 39.5 Å². The maximum absolute atomic E-state index is 13.1. The molecule has 0 amide bonds. The summed E-state index contributed by atoms with van der Waals surface area (Å²) >= 11 is 0. The highest BCUT2D eigenvalue weighted by molar-refractivity contribution is 7.47. The summed E-state index contributed by atoms with van der Waals surface area (Å²) < 4.78 is 68.7. The van der Waals surface area contributed by atoms with Crippen LogP contribution in [-0.2, 0) is 65.4 Å². The smallest absolute Gasteiger partial charge is 0.462 e. The number of esters is 4. The van der Waals surface area contributed by atoms with E-state index in [0.717, 1.165) is 120 Å². The van der Waals surface area contributed by atoms with Crippen molar-refractivity contribution in [2.75, 3.05) is 39.6 Å². The summed E-state index contributed by atoms with van der Waals surface area (Å²) in [5.74, 6) is 1.04. The number of carbonyl (C=O) groups excluding carboxylic acids is 4. The first-order valence-electron chi connectivity index (χ1n) is 42.8. The van der Waals surface area contributed by atoms with Gasteiger partial charge in [-0.05, 0) is 49.4 Å². The van der Waals surface area contributed by atoms with Gasteiger partial charge >= 0.3 is 39.5 Å². The normalized spacial score (nSPS) is 14.5. The lowest BCUT2D eigenvalue weighted by Crippen LogP contribution is -2.30. The molecule has 606 valence electrons. The summed E-state index contributed by atoms with van der Waals surface area (Å²) in [6.45, 7) is 14.3. The van der Waals surface area contributed by atoms with E-state index in [1.807, 2.05) is 0 Å². The fourth-order valence-electron chi connectivity index (χ4n) is 12.7. The maximum Gasteiger partial charge on any atom is 0.472 e. The molecule has 7 atom stereocenters. The van der Waals surface area contributed by atoms with Gasteiger partial charge in [0.25, 0.3) is 0 Å². The van der Waals surface area contributed by atoms with Crippen LogP contribution in [0.25, 0.3) is 0 Å². The highest BCUT2D eigenvalue weighted by atomic mass is 31.2. The summed E-state index contributed by atoms with van der Waals surface area (Å²) in [7, 11) is -9.92. The molecule has 0 heterocycles. The van der Waals surface area contributed by atoms with Crippen molar-refractivity contribution in [2.45, 2.75) is 446 Å². The topological polar surface area (TPSA) is 237 Å². The molecule has 0 bridgehead atoms. The van der Waals surface area contributed by atoms with Crippen molar-refractivity contribution in [2.24, 2.45) is 23.7 Å². The van der Waals surface area contributed by atoms with Crippen LogP contribution in [0.5, 0.6) is 0 Å². The lowest BCUT2D eigenvalue weighted by atomic mass is 9.99. The Balaban J connectivity index is 5.21. The van der Waals surface area contributed by atoms with Gasteiger partial charge in [-0.2, -0.15) is 0 Å². The van der Waals surface area contributed by atoms with Gasteiger partial charge in [0.05, 0.1) is 26.4 Å². The van der Waals surface area contributed by atoms with Crippen molar-refractivity contribution in [1.82, 2.24) is 0 Å². The number of aliphatic hydroxyl groups excluding tert-OH is 1. The highest BCUT2D eigenvalue weighted by Gasteiger charge is 2.30. The second-order valence-electron chi connectivity index (χ2n) is 31.3. The van der Waals surface area contributed by atoms with Crippen LogP contribution in [0.1, 0.15) is 428 Å². The Morgan fingerprint density at radius 3 is 0.696 bits per heavy atom. The van der Waals surface area contributed by atoms with Crippen LogP contribution in [0.3, 0.4) is 0 Å². The van der Waals surface area contributed by atoms with Crippen molar-refractivity contribution in [1.29, 1.82) is 0 Å². The van der Waals surface area contributed by atoms with E-state index >= 15 is 0 Å². The van der Waals surface area contributed by atoms with E-state index in [9.17, 15) is 43.2 Å². The van der Waals surface area contributed by atoms with Crippen molar-refractivity contribution in [3.05, 3.63) is 0 Å². The van der Waals surface area contributed by atoms with Gasteiger partial charge in [0, 0.05) is 25.7 Å². The van der Waals surface area contributed by atoms with Gasteiger partial charge in [-0.15, -0.1) is 0 Å². The predicted octanol–water partition coefficient (Wildman–Crippen LogP) is 24.8. The molecule has 17 nitrogen and oxygen atoms in total. The standard InChI is InChI=1S/C83H162O17P2/c1-9-75(7)61-53-45-37-31-24-20-15-13-11-12-14-16-21-25-32-38-47-55-63-80(85)93-69-78(99-82(87)65-57-49-39-33-26-22-18-17-19-23-29-35-43-51-59-73(3)4)71-97-101(89,90)95-67-77(84)68-96-102(91,92)98-72-79(70-94-81(86)64-56-48-42-41-46-54-62-76(8)10-2)100-83(88)66-58-50-40-34-28-27-30-36-44-52-60-74(5)6/h73-79,84H,9-72H2,1-8H3,(H,89,90)(H,91,92)/t75?,76?,77-,78-,79-/m1/s1. The molecule has 19 heteroatoms. The van der Waals surface area contributed by atoms with Crippen LogP contribution >= 0.6 is 15.6 Å². The van der Waals surface area contributed by atoms with Crippen LogP contribution in [0.15, 0.2) is 0 Å². The number of carbonyl (C=O) groups is 4. The molecule has 0 aromatic carbocycles. The zero-order chi connectivity index (χ0) is 75.3. The molecule has 0 rings (SSSR count). The SMILES string of the molecule is CCC(C)CCCCCCCCCCCCCCCCCCCCC(=O)OC[C@H](COP(=O)(O)OC[C@@H](O)COP(=O)(O)OC[C@@H](COC(=O)CCCCCCCCC(C)CC)OC(=O)CCCCCCCCCCCCC(C)C)OC(=O)CCCCCCCCCCCCCCCCC(C)C.